The van der Waals surface area contributed by atoms with Crippen LogP contribution in [0.15, 0.2) is 39.5 Å². The van der Waals surface area contributed by atoms with E-state index in [1.54, 1.807) is 24.3 Å². The molecule has 2 heterocycles. The summed E-state index contributed by atoms with van der Waals surface area (Å²) >= 11 is 2.53. The van der Waals surface area contributed by atoms with Crippen LogP contribution in [0.2, 0.25) is 0 Å². The zero-order valence-corrected chi connectivity index (χ0v) is 11.7. The normalized spacial score (nSPS) is 16.7. The summed E-state index contributed by atoms with van der Waals surface area (Å²) in [5.74, 6) is -0.162. The molecule has 0 spiro atoms. The number of thiazole rings is 1. The van der Waals surface area contributed by atoms with Crippen molar-refractivity contribution in [1.29, 1.82) is 0 Å². The van der Waals surface area contributed by atoms with Gasteiger partial charge >= 0.3 is 0 Å². The fourth-order valence-electron chi connectivity index (χ4n) is 1.69. The number of thioether (sulfide) groups is 1. The molecule has 2 aromatic rings. The lowest BCUT2D eigenvalue weighted by Gasteiger charge is -1.98. The van der Waals surface area contributed by atoms with Crippen molar-refractivity contribution < 1.29 is 9.90 Å². The van der Waals surface area contributed by atoms with Crippen LogP contribution in [-0.2, 0) is 4.79 Å². The van der Waals surface area contributed by atoms with Gasteiger partial charge in [0.1, 0.15) is 10.8 Å². The SMILES string of the molecule is NC1=NC(=O)/C(=C\c2csc(-c3ccccc3O)n2)S1. The molecule has 0 fully saturated rings. The number of rotatable bonds is 2. The monoisotopic (exact) mass is 303 g/mol. The van der Waals surface area contributed by atoms with Crippen molar-refractivity contribution >= 4 is 40.2 Å². The molecule has 1 aromatic carbocycles. The number of nitrogens with zero attached hydrogens (tertiary/aromatic N) is 2. The minimum Gasteiger partial charge on any atom is -0.507 e. The quantitative estimate of drug-likeness (QED) is 0.832. The molecule has 0 radical (unpaired) electrons. The van der Waals surface area contributed by atoms with Crippen LogP contribution in [0, 0.1) is 0 Å². The molecule has 1 aliphatic rings. The van der Waals surface area contributed by atoms with E-state index in [9.17, 15) is 9.90 Å². The molecule has 0 atom stereocenters. The van der Waals surface area contributed by atoms with Crippen LogP contribution >= 0.6 is 23.1 Å². The number of carbonyl (C=O) groups is 1. The maximum atomic E-state index is 11.5. The van der Waals surface area contributed by atoms with Crippen molar-refractivity contribution in [3.8, 4) is 16.3 Å². The van der Waals surface area contributed by atoms with Crippen molar-refractivity contribution in [3.63, 3.8) is 0 Å². The van der Waals surface area contributed by atoms with Gasteiger partial charge in [-0.1, -0.05) is 12.1 Å². The minimum atomic E-state index is -0.343. The molecule has 5 nitrogen and oxygen atoms in total. The van der Waals surface area contributed by atoms with Gasteiger partial charge in [-0.2, -0.15) is 4.99 Å². The van der Waals surface area contributed by atoms with Crippen molar-refractivity contribution in [2.24, 2.45) is 10.7 Å². The van der Waals surface area contributed by atoms with E-state index in [-0.39, 0.29) is 16.8 Å². The second-order valence-electron chi connectivity index (χ2n) is 3.96. The van der Waals surface area contributed by atoms with Gasteiger partial charge in [-0.3, -0.25) is 4.79 Å². The Morgan fingerprint density at radius 3 is 2.80 bits per heavy atom. The average molecular weight is 303 g/mol. The Kier molecular flexibility index (Phi) is 3.29. The Balaban J connectivity index is 1.91. The smallest absolute Gasteiger partial charge is 0.286 e. The molecule has 3 N–H and O–H groups in total. The van der Waals surface area contributed by atoms with Crippen molar-refractivity contribution in [1.82, 2.24) is 4.98 Å². The number of hydrogen-bond donors (Lipinski definition) is 2. The second-order valence-corrected chi connectivity index (χ2v) is 5.88. The van der Waals surface area contributed by atoms with E-state index in [0.29, 0.717) is 21.2 Å². The first-order valence-corrected chi connectivity index (χ1v) is 7.35. The van der Waals surface area contributed by atoms with Crippen LogP contribution in [0.4, 0.5) is 0 Å². The lowest BCUT2D eigenvalue weighted by molar-refractivity contribution is -0.113. The maximum absolute atomic E-state index is 11.5. The Morgan fingerprint density at radius 1 is 1.30 bits per heavy atom. The van der Waals surface area contributed by atoms with E-state index in [1.807, 2.05) is 11.4 Å². The molecule has 1 amide bonds. The molecule has 0 saturated carbocycles. The third-order valence-corrected chi connectivity index (χ3v) is 4.28. The average Bonchev–Trinajstić information content (AvgIpc) is 2.98. The number of para-hydroxylation sites is 1. The first-order chi connectivity index (χ1) is 9.63. The standard InChI is InChI=1S/C13H9N3O2S2/c14-13-16-11(18)10(20-13)5-7-6-19-12(15-7)8-3-1-2-4-9(8)17/h1-6,17H,(H2,14,16,18)/b10-5+. The molecular weight excluding hydrogens is 294 g/mol. The Morgan fingerprint density at radius 2 is 2.10 bits per heavy atom. The van der Waals surface area contributed by atoms with Gasteiger partial charge in [0.2, 0.25) is 0 Å². The van der Waals surface area contributed by atoms with Gasteiger partial charge < -0.3 is 10.8 Å². The number of benzene rings is 1. The summed E-state index contributed by atoms with van der Waals surface area (Å²) in [6.45, 7) is 0. The molecule has 20 heavy (non-hydrogen) atoms. The summed E-state index contributed by atoms with van der Waals surface area (Å²) in [5, 5.41) is 12.6. The number of amidine groups is 1. The van der Waals surface area contributed by atoms with Crippen LogP contribution in [0.3, 0.4) is 0 Å². The summed E-state index contributed by atoms with van der Waals surface area (Å²) in [6.07, 6.45) is 1.65. The number of aliphatic imine (C=N–C) groups is 1. The summed E-state index contributed by atoms with van der Waals surface area (Å²) < 4.78 is 0. The highest BCUT2D eigenvalue weighted by Crippen LogP contribution is 2.32. The van der Waals surface area contributed by atoms with Gasteiger partial charge in [-0.05, 0) is 30.0 Å². The molecule has 3 rings (SSSR count). The molecule has 0 unspecified atom stereocenters. The molecular formula is C13H9N3O2S2. The molecule has 1 aromatic heterocycles. The first-order valence-electron chi connectivity index (χ1n) is 5.65. The highest BCUT2D eigenvalue weighted by atomic mass is 32.2. The van der Waals surface area contributed by atoms with Crippen molar-refractivity contribution in [2.45, 2.75) is 0 Å². The lowest BCUT2D eigenvalue weighted by Crippen LogP contribution is -2.01. The zero-order valence-electron chi connectivity index (χ0n) is 10.1. The first kappa shape index (κ1) is 12.9. The van der Waals surface area contributed by atoms with E-state index in [0.717, 1.165) is 11.8 Å². The van der Waals surface area contributed by atoms with Crippen molar-refractivity contribution in [2.75, 3.05) is 0 Å². The summed E-state index contributed by atoms with van der Waals surface area (Å²) in [7, 11) is 0. The van der Waals surface area contributed by atoms with Crippen LogP contribution in [0.25, 0.3) is 16.6 Å². The minimum absolute atomic E-state index is 0.181. The number of aromatic nitrogens is 1. The van der Waals surface area contributed by atoms with Crippen LogP contribution in [0.5, 0.6) is 5.75 Å². The highest BCUT2D eigenvalue weighted by molar-refractivity contribution is 8.18. The van der Waals surface area contributed by atoms with E-state index in [1.165, 1.54) is 11.3 Å². The van der Waals surface area contributed by atoms with Gasteiger partial charge in [-0.25, -0.2) is 4.98 Å². The molecule has 100 valence electrons. The van der Waals surface area contributed by atoms with Gasteiger partial charge in [0, 0.05) is 5.38 Å². The fraction of sp³-hybridized carbons (Fsp3) is 0. The van der Waals surface area contributed by atoms with E-state index >= 15 is 0 Å². The lowest BCUT2D eigenvalue weighted by atomic mass is 10.2. The summed E-state index contributed by atoms with van der Waals surface area (Å²) in [6, 6.07) is 6.99. The Hall–Kier alpha value is -2.12. The number of phenols is 1. The predicted octanol–water partition coefficient (Wildman–Crippen LogP) is 2.44. The topological polar surface area (TPSA) is 88.6 Å². The molecule has 0 saturated heterocycles. The number of carbonyl (C=O) groups excluding carboxylic acids is 1. The third kappa shape index (κ3) is 2.45. The van der Waals surface area contributed by atoms with E-state index in [2.05, 4.69) is 9.98 Å². The fourth-order valence-corrected chi connectivity index (χ4v) is 3.17. The molecule has 0 aliphatic carbocycles. The Labute approximate surface area is 122 Å². The van der Waals surface area contributed by atoms with Crippen LogP contribution in [0.1, 0.15) is 5.69 Å². The second kappa shape index (κ2) is 5.10. The van der Waals surface area contributed by atoms with Gasteiger partial charge in [0.25, 0.3) is 5.91 Å². The number of aromatic hydroxyl groups is 1. The molecule has 7 heteroatoms. The number of hydrogen-bond acceptors (Lipinski definition) is 6. The number of nitrogens with two attached hydrogens (primary N) is 1. The van der Waals surface area contributed by atoms with Crippen LogP contribution in [-0.4, -0.2) is 21.2 Å². The largest absolute Gasteiger partial charge is 0.507 e. The molecule has 1 aliphatic heterocycles. The Bertz CT molecular complexity index is 750. The number of phenolic OH excluding ortho intramolecular Hbond substituents is 1. The summed E-state index contributed by atoms with van der Waals surface area (Å²) in [5.41, 5.74) is 6.80. The maximum Gasteiger partial charge on any atom is 0.286 e. The van der Waals surface area contributed by atoms with E-state index < -0.39 is 0 Å². The highest BCUT2D eigenvalue weighted by Gasteiger charge is 2.20. The van der Waals surface area contributed by atoms with Gasteiger partial charge in [-0.15, -0.1) is 11.3 Å². The summed E-state index contributed by atoms with van der Waals surface area (Å²) in [4.78, 5) is 20.0. The van der Waals surface area contributed by atoms with Gasteiger partial charge in [0.05, 0.1) is 16.2 Å². The van der Waals surface area contributed by atoms with Crippen LogP contribution < -0.4 is 5.73 Å². The van der Waals surface area contributed by atoms with Gasteiger partial charge in [0.15, 0.2) is 5.17 Å². The zero-order chi connectivity index (χ0) is 14.1. The predicted molar refractivity (Wildman–Crippen MR) is 81.4 cm³/mol. The number of amides is 1. The molecule has 0 bridgehead atoms. The van der Waals surface area contributed by atoms with Crippen molar-refractivity contribution in [3.05, 3.63) is 40.2 Å². The van der Waals surface area contributed by atoms with E-state index in [4.69, 9.17) is 5.73 Å². The third-order valence-electron chi connectivity index (χ3n) is 2.57.